The number of aliphatic hydroxyl groups is 1. The second-order valence-electron chi connectivity index (χ2n) is 4.82. The molecule has 98 valence electrons. The summed E-state index contributed by atoms with van der Waals surface area (Å²) in [4.78, 5) is 14.1. The molecule has 0 radical (unpaired) electrons. The zero-order valence-corrected chi connectivity index (χ0v) is 12.1. The molecule has 18 heavy (non-hydrogen) atoms. The summed E-state index contributed by atoms with van der Waals surface area (Å²) in [5.74, 6) is -0.0339. The smallest absolute Gasteiger partial charge is 0.255 e. The van der Waals surface area contributed by atoms with Gasteiger partial charge in [-0.1, -0.05) is 25.0 Å². The van der Waals surface area contributed by atoms with Crippen molar-refractivity contribution >= 4 is 21.8 Å². The lowest BCUT2D eigenvalue weighted by atomic mass is 9.91. The van der Waals surface area contributed by atoms with Gasteiger partial charge in [-0.3, -0.25) is 4.79 Å². The van der Waals surface area contributed by atoms with E-state index in [4.69, 9.17) is 0 Å². The average Bonchev–Trinajstić information content (AvgIpc) is 2.38. The maximum atomic E-state index is 12.4. The first-order valence-corrected chi connectivity index (χ1v) is 7.10. The minimum atomic E-state index is -0.393. The molecule has 3 nitrogen and oxygen atoms in total. The SMILES string of the molecule is CN(C(=O)c1ccccc1Br)[C@H]1CCCC[C@@H]1O. The molecular formula is C14H18BrNO2. The van der Waals surface area contributed by atoms with Gasteiger partial charge in [0.05, 0.1) is 17.7 Å². The molecule has 1 saturated carbocycles. The Labute approximate surface area is 116 Å². The highest BCUT2D eigenvalue weighted by molar-refractivity contribution is 9.10. The largest absolute Gasteiger partial charge is 0.391 e. The van der Waals surface area contributed by atoms with E-state index in [1.54, 1.807) is 18.0 Å². The van der Waals surface area contributed by atoms with Crippen molar-refractivity contribution in [2.45, 2.75) is 37.8 Å². The zero-order valence-electron chi connectivity index (χ0n) is 10.5. The number of likely N-dealkylation sites (N-methyl/N-ethyl adjacent to an activating group) is 1. The molecule has 0 aliphatic heterocycles. The summed E-state index contributed by atoms with van der Waals surface area (Å²) in [7, 11) is 1.78. The Hall–Kier alpha value is -0.870. The molecular weight excluding hydrogens is 294 g/mol. The summed E-state index contributed by atoms with van der Waals surface area (Å²) >= 11 is 3.39. The minimum absolute atomic E-state index is 0.0339. The molecule has 0 unspecified atom stereocenters. The van der Waals surface area contributed by atoms with Crippen LogP contribution in [0.25, 0.3) is 0 Å². The molecule has 1 aromatic carbocycles. The number of rotatable bonds is 2. The summed E-state index contributed by atoms with van der Waals surface area (Å²) in [6.45, 7) is 0. The van der Waals surface area contributed by atoms with Gasteiger partial charge in [0.1, 0.15) is 0 Å². The Kier molecular flexibility index (Phi) is 4.40. The fraction of sp³-hybridized carbons (Fsp3) is 0.500. The van der Waals surface area contributed by atoms with Crippen molar-refractivity contribution in [1.82, 2.24) is 4.90 Å². The van der Waals surface area contributed by atoms with Crippen LogP contribution in [0.15, 0.2) is 28.7 Å². The van der Waals surface area contributed by atoms with Gasteiger partial charge in [0.2, 0.25) is 0 Å². The van der Waals surface area contributed by atoms with E-state index < -0.39 is 6.10 Å². The predicted molar refractivity (Wildman–Crippen MR) is 74.5 cm³/mol. The molecule has 1 aliphatic carbocycles. The van der Waals surface area contributed by atoms with Gasteiger partial charge in [-0.25, -0.2) is 0 Å². The van der Waals surface area contributed by atoms with E-state index in [1.165, 1.54) is 0 Å². The van der Waals surface area contributed by atoms with Crippen LogP contribution in [-0.4, -0.2) is 35.1 Å². The molecule has 1 aliphatic rings. The fourth-order valence-corrected chi connectivity index (χ4v) is 2.97. The van der Waals surface area contributed by atoms with Crippen molar-refractivity contribution in [1.29, 1.82) is 0 Å². The van der Waals surface area contributed by atoms with Gasteiger partial charge in [0, 0.05) is 11.5 Å². The predicted octanol–water partition coefficient (Wildman–Crippen LogP) is 2.82. The van der Waals surface area contributed by atoms with Crippen LogP contribution in [0.5, 0.6) is 0 Å². The molecule has 1 amide bonds. The second-order valence-corrected chi connectivity index (χ2v) is 5.67. The van der Waals surface area contributed by atoms with Crippen LogP contribution < -0.4 is 0 Å². The van der Waals surface area contributed by atoms with E-state index in [9.17, 15) is 9.90 Å². The number of hydrogen-bond acceptors (Lipinski definition) is 2. The van der Waals surface area contributed by atoms with Gasteiger partial charge in [-0.2, -0.15) is 0 Å². The van der Waals surface area contributed by atoms with Crippen LogP contribution >= 0.6 is 15.9 Å². The van der Waals surface area contributed by atoms with Crippen LogP contribution in [0.3, 0.4) is 0 Å². The summed E-state index contributed by atoms with van der Waals surface area (Å²) in [5.41, 5.74) is 0.651. The zero-order chi connectivity index (χ0) is 13.1. The lowest BCUT2D eigenvalue weighted by Crippen LogP contribution is -2.46. The molecule has 0 aromatic heterocycles. The fourth-order valence-electron chi connectivity index (χ4n) is 2.52. The number of aliphatic hydroxyl groups excluding tert-OH is 1. The number of carbonyl (C=O) groups is 1. The van der Waals surface area contributed by atoms with Crippen LogP contribution in [-0.2, 0) is 0 Å². The Balaban J connectivity index is 2.16. The molecule has 0 heterocycles. The van der Waals surface area contributed by atoms with Crippen molar-refractivity contribution < 1.29 is 9.90 Å². The number of benzene rings is 1. The van der Waals surface area contributed by atoms with Crippen molar-refractivity contribution in [2.75, 3.05) is 7.05 Å². The average molecular weight is 312 g/mol. The van der Waals surface area contributed by atoms with E-state index in [0.717, 1.165) is 30.2 Å². The molecule has 1 N–H and O–H groups in total. The monoisotopic (exact) mass is 311 g/mol. The lowest BCUT2D eigenvalue weighted by molar-refractivity contribution is 0.0267. The topological polar surface area (TPSA) is 40.5 Å². The summed E-state index contributed by atoms with van der Waals surface area (Å²) in [6.07, 6.45) is 3.41. The minimum Gasteiger partial charge on any atom is -0.391 e. The van der Waals surface area contributed by atoms with Gasteiger partial charge in [0.25, 0.3) is 5.91 Å². The van der Waals surface area contributed by atoms with Crippen molar-refractivity contribution in [3.8, 4) is 0 Å². The number of nitrogens with zero attached hydrogens (tertiary/aromatic N) is 1. The maximum absolute atomic E-state index is 12.4. The van der Waals surface area contributed by atoms with Crippen molar-refractivity contribution in [2.24, 2.45) is 0 Å². The standard InChI is InChI=1S/C14H18BrNO2/c1-16(12-8-4-5-9-13(12)17)14(18)10-6-2-3-7-11(10)15/h2-3,6-7,12-13,17H,4-5,8-9H2,1H3/t12-,13-/m0/s1. The van der Waals surface area contributed by atoms with Crippen molar-refractivity contribution in [3.63, 3.8) is 0 Å². The lowest BCUT2D eigenvalue weighted by Gasteiger charge is -2.35. The first-order valence-electron chi connectivity index (χ1n) is 6.31. The highest BCUT2D eigenvalue weighted by atomic mass is 79.9. The second kappa shape index (κ2) is 5.85. The first-order chi connectivity index (χ1) is 8.61. The molecule has 0 bridgehead atoms. The maximum Gasteiger partial charge on any atom is 0.255 e. The van der Waals surface area contributed by atoms with Crippen LogP contribution in [0, 0.1) is 0 Å². The van der Waals surface area contributed by atoms with Gasteiger partial charge in [-0.05, 0) is 40.9 Å². The van der Waals surface area contributed by atoms with Crippen LogP contribution in [0.4, 0.5) is 0 Å². The molecule has 1 fully saturated rings. The Morgan fingerprint density at radius 1 is 1.33 bits per heavy atom. The Morgan fingerprint density at radius 2 is 2.00 bits per heavy atom. The van der Waals surface area contributed by atoms with Crippen LogP contribution in [0.1, 0.15) is 36.0 Å². The molecule has 1 aromatic rings. The molecule has 0 saturated heterocycles. The normalized spacial score (nSPS) is 23.7. The first kappa shape index (κ1) is 13.6. The molecule has 0 spiro atoms. The van der Waals surface area contributed by atoms with E-state index in [1.807, 2.05) is 18.2 Å². The third-order valence-electron chi connectivity index (χ3n) is 3.62. The number of hydrogen-bond donors (Lipinski definition) is 1. The molecule has 2 atom stereocenters. The Morgan fingerprint density at radius 3 is 2.67 bits per heavy atom. The highest BCUT2D eigenvalue weighted by Gasteiger charge is 2.30. The summed E-state index contributed by atoms with van der Waals surface area (Å²) in [6, 6.07) is 7.34. The van der Waals surface area contributed by atoms with Gasteiger partial charge < -0.3 is 10.0 Å². The third kappa shape index (κ3) is 2.75. The summed E-state index contributed by atoms with van der Waals surface area (Å²) < 4.78 is 0.798. The van der Waals surface area contributed by atoms with Gasteiger partial charge in [0.15, 0.2) is 0 Å². The Bertz CT molecular complexity index is 436. The van der Waals surface area contributed by atoms with E-state index in [0.29, 0.717) is 5.56 Å². The highest BCUT2D eigenvalue weighted by Crippen LogP contribution is 2.25. The van der Waals surface area contributed by atoms with Gasteiger partial charge in [-0.15, -0.1) is 0 Å². The number of carbonyl (C=O) groups excluding carboxylic acids is 1. The molecule has 2 rings (SSSR count). The quantitative estimate of drug-likeness (QED) is 0.912. The third-order valence-corrected chi connectivity index (χ3v) is 4.31. The molecule has 4 heteroatoms. The number of amides is 1. The van der Waals surface area contributed by atoms with Gasteiger partial charge >= 0.3 is 0 Å². The number of halogens is 1. The van der Waals surface area contributed by atoms with E-state index in [-0.39, 0.29) is 11.9 Å². The van der Waals surface area contributed by atoms with Crippen molar-refractivity contribution in [3.05, 3.63) is 34.3 Å². The summed E-state index contributed by atoms with van der Waals surface area (Å²) in [5, 5.41) is 10.00. The van der Waals surface area contributed by atoms with E-state index in [2.05, 4.69) is 15.9 Å². The van der Waals surface area contributed by atoms with Crippen LogP contribution in [0.2, 0.25) is 0 Å². The van der Waals surface area contributed by atoms with E-state index >= 15 is 0 Å².